The van der Waals surface area contributed by atoms with Gasteiger partial charge in [0.1, 0.15) is 0 Å². The van der Waals surface area contributed by atoms with E-state index >= 15 is 0 Å². The lowest BCUT2D eigenvalue weighted by Gasteiger charge is -2.16. The van der Waals surface area contributed by atoms with Crippen LogP contribution in [0.15, 0.2) is 36.5 Å². The van der Waals surface area contributed by atoms with Gasteiger partial charge in [0.15, 0.2) is 11.5 Å². The molecule has 0 aliphatic heterocycles. The van der Waals surface area contributed by atoms with Crippen LogP contribution in [0.25, 0.3) is 0 Å². The van der Waals surface area contributed by atoms with E-state index in [0.29, 0.717) is 24.5 Å². The number of aliphatic hydroxyl groups excluding tert-OH is 1. The Morgan fingerprint density at radius 3 is 2.70 bits per heavy atom. The number of alkyl halides is 2. The molecule has 0 spiro atoms. The Kier molecular flexibility index (Phi) is 4.81. The van der Waals surface area contributed by atoms with E-state index in [9.17, 15) is 13.9 Å². The van der Waals surface area contributed by atoms with E-state index in [-0.39, 0.29) is 11.5 Å². The van der Waals surface area contributed by atoms with Crippen LogP contribution in [0.5, 0.6) is 11.5 Å². The maximum Gasteiger partial charge on any atom is 0.387 e. The largest absolute Gasteiger partial charge is 0.489 e. The number of rotatable bonds is 8. The first-order chi connectivity index (χ1) is 11.1. The van der Waals surface area contributed by atoms with Gasteiger partial charge in [0.05, 0.1) is 12.7 Å². The lowest BCUT2D eigenvalue weighted by molar-refractivity contribution is -0.0515. The molecule has 0 amide bonds. The van der Waals surface area contributed by atoms with Crippen molar-refractivity contribution in [1.29, 1.82) is 0 Å². The summed E-state index contributed by atoms with van der Waals surface area (Å²) in [4.78, 5) is 3.02. The van der Waals surface area contributed by atoms with Gasteiger partial charge in [-0.3, -0.25) is 0 Å². The number of hydrogen-bond acceptors (Lipinski definition) is 3. The molecule has 0 bridgehead atoms. The van der Waals surface area contributed by atoms with Gasteiger partial charge in [-0.05, 0) is 48.6 Å². The lowest BCUT2D eigenvalue weighted by Crippen LogP contribution is -2.08. The average molecular weight is 323 g/mol. The van der Waals surface area contributed by atoms with Crippen LogP contribution in [0.2, 0.25) is 0 Å². The molecule has 6 heteroatoms. The Hall–Kier alpha value is -2.08. The number of halogens is 2. The second-order valence-corrected chi connectivity index (χ2v) is 5.75. The number of hydrogen-bond donors (Lipinski definition) is 2. The van der Waals surface area contributed by atoms with Crippen LogP contribution in [0.4, 0.5) is 8.78 Å². The van der Waals surface area contributed by atoms with E-state index in [1.54, 1.807) is 18.3 Å². The molecule has 1 aliphatic rings. The second-order valence-electron chi connectivity index (χ2n) is 5.75. The SMILES string of the molecule is OC(Cc1ccc[nH]1)c1ccc(OC(F)F)c(OCC2CC2)c1. The summed E-state index contributed by atoms with van der Waals surface area (Å²) in [6, 6.07) is 8.30. The van der Waals surface area contributed by atoms with Crippen LogP contribution in [-0.2, 0) is 6.42 Å². The fraction of sp³-hybridized carbons (Fsp3) is 0.412. The van der Waals surface area contributed by atoms with E-state index in [1.165, 1.54) is 6.07 Å². The number of ether oxygens (including phenoxy) is 2. The summed E-state index contributed by atoms with van der Waals surface area (Å²) >= 11 is 0. The first kappa shape index (κ1) is 15.8. The second kappa shape index (κ2) is 7.00. The maximum absolute atomic E-state index is 12.5. The van der Waals surface area contributed by atoms with Crippen molar-refractivity contribution in [2.24, 2.45) is 5.92 Å². The van der Waals surface area contributed by atoms with Gasteiger partial charge in [-0.2, -0.15) is 8.78 Å². The molecule has 1 aromatic heterocycles. The molecule has 4 nitrogen and oxygen atoms in total. The Morgan fingerprint density at radius 1 is 1.22 bits per heavy atom. The fourth-order valence-corrected chi connectivity index (χ4v) is 2.35. The molecule has 2 aromatic rings. The van der Waals surface area contributed by atoms with Crippen LogP contribution in [0.3, 0.4) is 0 Å². The molecular formula is C17H19F2NO3. The molecule has 1 aliphatic carbocycles. The summed E-state index contributed by atoms with van der Waals surface area (Å²) in [6.45, 7) is -2.43. The maximum atomic E-state index is 12.5. The third kappa shape index (κ3) is 4.45. The van der Waals surface area contributed by atoms with E-state index in [0.717, 1.165) is 18.5 Å². The van der Waals surface area contributed by atoms with Gasteiger partial charge in [-0.15, -0.1) is 0 Å². The quantitative estimate of drug-likeness (QED) is 0.779. The molecular weight excluding hydrogens is 304 g/mol. The Balaban J connectivity index is 1.75. The van der Waals surface area contributed by atoms with Crippen LogP contribution < -0.4 is 9.47 Å². The summed E-state index contributed by atoms with van der Waals surface area (Å²) in [5.41, 5.74) is 1.50. The Labute approximate surface area is 133 Å². The molecule has 1 unspecified atom stereocenters. The number of aromatic amines is 1. The fourth-order valence-electron chi connectivity index (χ4n) is 2.35. The summed E-state index contributed by atoms with van der Waals surface area (Å²) < 4.78 is 35.1. The molecule has 23 heavy (non-hydrogen) atoms. The number of aliphatic hydroxyl groups is 1. The van der Waals surface area contributed by atoms with Gasteiger partial charge in [0, 0.05) is 18.3 Å². The highest BCUT2D eigenvalue weighted by Gasteiger charge is 2.23. The van der Waals surface area contributed by atoms with Crippen molar-refractivity contribution in [2.45, 2.75) is 32.0 Å². The molecule has 3 rings (SSSR count). The van der Waals surface area contributed by atoms with E-state index in [2.05, 4.69) is 9.72 Å². The third-order valence-electron chi connectivity index (χ3n) is 3.82. The highest BCUT2D eigenvalue weighted by atomic mass is 19.3. The number of H-pyrrole nitrogens is 1. The predicted octanol–water partition coefficient (Wildman–Crippen LogP) is 3.68. The average Bonchev–Trinajstić information content (AvgIpc) is 3.21. The molecule has 2 N–H and O–H groups in total. The first-order valence-corrected chi connectivity index (χ1v) is 7.63. The van der Waals surface area contributed by atoms with Crippen LogP contribution >= 0.6 is 0 Å². The van der Waals surface area contributed by atoms with Gasteiger partial charge in [0.2, 0.25) is 0 Å². The van der Waals surface area contributed by atoms with Gasteiger partial charge < -0.3 is 19.6 Å². The van der Waals surface area contributed by atoms with Gasteiger partial charge in [-0.25, -0.2) is 0 Å². The molecule has 124 valence electrons. The van der Waals surface area contributed by atoms with Gasteiger partial charge in [0.25, 0.3) is 0 Å². The van der Waals surface area contributed by atoms with Crippen molar-refractivity contribution in [1.82, 2.24) is 4.98 Å². The van der Waals surface area contributed by atoms with Gasteiger partial charge >= 0.3 is 6.61 Å². The minimum atomic E-state index is -2.91. The van der Waals surface area contributed by atoms with Crippen molar-refractivity contribution < 1.29 is 23.4 Å². The summed E-state index contributed by atoms with van der Waals surface area (Å²) in [5, 5.41) is 10.3. The molecule has 1 aromatic carbocycles. The zero-order chi connectivity index (χ0) is 16.2. The predicted molar refractivity (Wildman–Crippen MR) is 80.7 cm³/mol. The smallest absolute Gasteiger partial charge is 0.387 e. The Bertz CT molecular complexity index is 627. The summed E-state index contributed by atoms with van der Waals surface area (Å²) in [5.74, 6) is 0.735. The number of benzene rings is 1. The first-order valence-electron chi connectivity index (χ1n) is 7.63. The third-order valence-corrected chi connectivity index (χ3v) is 3.82. The minimum absolute atomic E-state index is 0.00327. The molecule has 1 heterocycles. The standard InChI is InChI=1S/C17H19F2NO3/c18-17(19)23-15-6-5-12(8-16(15)22-10-11-3-4-11)14(21)9-13-2-1-7-20-13/h1-2,5-8,11,14,17,20-21H,3-4,9-10H2. The molecule has 1 fully saturated rings. The zero-order valence-corrected chi connectivity index (χ0v) is 12.5. The molecule has 0 saturated heterocycles. The monoisotopic (exact) mass is 323 g/mol. The Morgan fingerprint density at radius 2 is 2.04 bits per heavy atom. The normalized spacial score (nSPS) is 15.7. The molecule has 0 radical (unpaired) electrons. The van der Waals surface area contributed by atoms with Gasteiger partial charge in [-0.1, -0.05) is 6.07 Å². The van der Waals surface area contributed by atoms with Crippen LogP contribution in [-0.4, -0.2) is 23.3 Å². The minimum Gasteiger partial charge on any atom is -0.489 e. The van der Waals surface area contributed by atoms with Crippen LogP contribution in [0, 0.1) is 5.92 Å². The lowest BCUT2D eigenvalue weighted by atomic mass is 10.0. The van der Waals surface area contributed by atoms with Crippen molar-refractivity contribution in [2.75, 3.05) is 6.61 Å². The van der Waals surface area contributed by atoms with Crippen molar-refractivity contribution in [3.05, 3.63) is 47.8 Å². The van der Waals surface area contributed by atoms with Crippen molar-refractivity contribution in [3.8, 4) is 11.5 Å². The highest BCUT2D eigenvalue weighted by molar-refractivity contribution is 5.44. The molecule has 1 saturated carbocycles. The van der Waals surface area contributed by atoms with E-state index < -0.39 is 12.7 Å². The van der Waals surface area contributed by atoms with E-state index in [1.807, 2.05) is 12.1 Å². The summed E-state index contributed by atoms with van der Waals surface area (Å²) in [7, 11) is 0. The van der Waals surface area contributed by atoms with E-state index in [4.69, 9.17) is 4.74 Å². The number of aromatic nitrogens is 1. The summed E-state index contributed by atoms with van der Waals surface area (Å²) in [6.07, 6.45) is 3.63. The number of nitrogens with one attached hydrogen (secondary N) is 1. The van der Waals surface area contributed by atoms with Crippen molar-refractivity contribution in [3.63, 3.8) is 0 Å². The topological polar surface area (TPSA) is 54.5 Å². The molecule has 1 atom stereocenters. The van der Waals surface area contributed by atoms with Crippen LogP contribution in [0.1, 0.15) is 30.2 Å². The van der Waals surface area contributed by atoms with Crippen molar-refractivity contribution >= 4 is 0 Å². The highest BCUT2D eigenvalue weighted by Crippen LogP contribution is 2.35. The zero-order valence-electron chi connectivity index (χ0n) is 12.5.